The minimum absolute atomic E-state index is 0.000622. The van der Waals surface area contributed by atoms with Gasteiger partial charge in [-0.1, -0.05) is 0 Å². The van der Waals surface area contributed by atoms with Gasteiger partial charge in [-0.25, -0.2) is 9.59 Å². The van der Waals surface area contributed by atoms with Gasteiger partial charge in [-0.3, -0.25) is 9.59 Å². The lowest BCUT2D eigenvalue weighted by Crippen LogP contribution is -2.45. The van der Waals surface area contributed by atoms with Crippen molar-refractivity contribution in [3.63, 3.8) is 0 Å². The Bertz CT molecular complexity index is 489. The molecular formula is C13H21N2O6PS. The molecule has 8 nitrogen and oxygen atoms in total. The van der Waals surface area contributed by atoms with Crippen LogP contribution in [0.2, 0.25) is 0 Å². The van der Waals surface area contributed by atoms with Crippen LogP contribution in [0.25, 0.3) is 0 Å². The molecule has 2 atom stereocenters. The molecule has 0 aromatic rings. The lowest BCUT2D eigenvalue weighted by Gasteiger charge is -2.22. The summed E-state index contributed by atoms with van der Waals surface area (Å²) in [5.41, 5.74) is -0.720. The molecule has 2 N–H and O–H groups in total. The van der Waals surface area contributed by atoms with E-state index in [1.165, 1.54) is 7.11 Å². The summed E-state index contributed by atoms with van der Waals surface area (Å²) in [6, 6.07) is -1.03. The van der Waals surface area contributed by atoms with Crippen molar-refractivity contribution in [2.24, 2.45) is 0 Å². The zero-order valence-corrected chi connectivity index (χ0v) is 15.3. The molecule has 0 aliphatic heterocycles. The topological polar surface area (TPSA) is 111 Å². The Morgan fingerprint density at radius 1 is 1.30 bits per heavy atom. The number of hydrogen-bond acceptors (Lipinski definition) is 7. The maximum absolute atomic E-state index is 11.7. The van der Waals surface area contributed by atoms with E-state index in [0.717, 1.165) is 17.8 Å². The van der Waals surface area contributed by atoms with Crippen LogP contribution in [0.1, 0.15) is 20.8 Å². The standard InChI is InChI=1S/C13H21N2O6PS/c1-13(2,3)21-12(19)14-9(11(18)20-4)7-23-8(6-16)5-10(17)15-22/h5-6,9H,7,22H2,1-4H3,(H,14,19)(H,15,17)/b8-5+/t9-/m0/s1. The van der Waals surface area contributed by atoms with Crippen molar-refractivity contribution < 1.29 is 28.7 Å². The fourth-order valence-corrected chi connectivity index (χ4v) is 2.14. The number of carbonyl (C=O) groups is 4. The second-order valence-electron chi connectivity index (χ2n) is 5.21. The number of hydrogen-bond donors (Lipinski definition) is 2. The number of carbonyl (C=O) groups excluding carboxylic acids is 4. The molecule has 2 amide bonds. The van der Waals surface area contributed by atoms with E-state index in [-0.39, 0.29) is 10.7 Å². The number of thioether (sulfide) groups is 1. The Morgan fingerprint density at radius 2 is 1.91 bits per heavy atom. The summed E-state index contributed by atoms with van der Waals surface area (Å²) < 4.78 is 9.66. The number of esters is 1. The van der Waals surface area contributed by atoms with E-state index in [1.807, 2.05) is 9.39 Å². The quantitative estimate of drug-likeness (QED) is 0.297. The number of amides is 2. The molecule has 0 fully saturated rings. The van der Waals surface area contributed by atoms with Gasteiger partial charge in [0.25, 0.3) is 0 Å². The summed E-state index contributed by atoms with van der Waals surface area (Å²) in [6.07, 6.45) is 0.770. The van der Waals surface area contributed by atoms with Gasteiger partial charge in [0.1, 0.15) is 11.6 Å². The fraction of sp³-hybridized carbons (Fsp3) is 0.538. The minimum Gasteiger partial charge on any atom is -0.467 e. The molecule has 1 unspecified atom stereocenters. The number of rotatable bonds is 7. The minimum atomic E-state index is -1.03. The van der Waals surface area contributed by atoms with Crippen LogP contribution in [-0.4, -0.2) is 48.8 Å². The Labute approximate surface area is 141 Å². The summed E-state index contributed by atoms with van der Waals surface area (Å²) in [5.74, 6) is -1.18. The Hall–Kier alpha value is -1.60. The van der Waals surface area contributed by atoms with E-state index in [9.17, 15) is 19.2 Å². The van der Waals surface area contributed by atoms with Crippen molar-refractivity contribution in [1.82, 2.24) is 10.4 Å². The Kier molecular flexibility index (Phi) is 9.52. The highest BCUT2D eigenvalue weighted by atomic mass is 32.2. The molecule has 0 bridgehead atoms. The first-order chi connectivity index (χ1) is 10.6. The van der Waals surface area contributed by atoms with Crippen LogP contribution >= 0.6 is 21.2 Å². The highest BCUT2D eigenvalue weighted by Crippen LogP contribution is 2.15. The predicted molar refractivity (Wildman–Crippen MR) is 89.6 cm³/mol. The van der Waals surface area contributed by atoms with Crippen LogP contribution in [0.5, 0.6) is 0 Å². The summed E-state index contributed by atoms with van der Waals surface area (Å²) in [5, 5.41) is 4.62. The van der Waals surface area contributed by atoms with E-state index < -0.39 is 29.6 Å². The third-order valence-corrected chi connectivity index (χ3v) is 3.46. The molecule has 0 rings (SSSR count). The summed E-state index contributed by atoms with van der Waals surface area (Å²) in [7, 11) is 3.18. The van der Waals surface area contributed by atoms with Crippen LogP contribution in [0.4, 0.5) is 4.79 Å². The molecule has 0 aromatic heterocycles. The molecule has 0 aliphatic carbocycles. The summed E-state index contributed by atoms with van der Waals surface area (Å²) in [6.45, 7) is 5.05. The smallest absolute Gasteiger partial charge is 0.408 e. The molecule has 0 heterocycles. The first-order valence-corrected chi connectivity index (χ1v) is 8.06. The van der Waals surface area contributed by atoms with E-state index in [1.54, 1.807) is 20.8 Å². The van der Waals surface area contributed by atoms with Crippen molar-refractivity contribution in [2.75, 3.05) is 12.9 Å². The molecule has 23 heavy (non-hydrogen) atoms. The third-order valence-electron chi connectivity index (χ3n) is 2.13. The molecule has 0 aliphatic rings. The number of allylic oxidation sites excluding steroid dienone is 1. The number of methoxy groups -OCH3 is 1. The van der Waals surface area contributed by atoms with Gasteiger partial charge in [0.05, 0.1) is 12.0 Å². The van der Waals surface area contributed by atoms with Gasteiger partial charge in [0.2, 0.25) is 5.91 Å². The molecular weight excluding hydrogens is 343 g/mol. The van der Waals surface area contributed by atoms with Gasteiger partial charge in [-0.15, -0.1) is 11.8 Å². The van der Waals surface area contributed by atoms with Gasteiger partial charge in [-0.2, -0.15) is 0 Å². The average Bonchev–Trinajstić information content (AvgIpc) is 2.46. The van der Waals surface area contributed by atoms with Gasteiger partial charge in [0.15, 0.2) is 6.29 Å². The van der Waals surface area contributed by atoms with E-state index >= 15 is 0 Å². The lowest BCUT2D eigenvalue weighted by molar-refractivity contribution is -0.142. The fourth-order valence-electron chi connectivity index (χ4n) is 1.22. The van der Waals surface area contributed by atoms with Crippen molar-refractivity contribution in [2.45, 2.75) is 32.4 Å². The SMILES string of the molecule is COC(=O)[C@H](CS/C(C=O)=C/C(=O)NP)NC(=O)OC(C)(C)C. The lowest BCUT2D eigenvalue weighted by atomic mass is 10.2. The monoisotopic (exact) mass is 364 g/mol. The Morgan fingerprint density at radius 3 is 2.35 bits per heavy atom. The number of alkyl carbamates (subject to hydrolysis) is 1. The largest absolute Gasteiger partial charge is 0.467 e. The van der Waals surface area contributed by atoms with Crippen LogP contribution < -0.4 is 10.4 Å². The summed E-state index contributed by atoms with van der Waals surface area (Å²) >= 11 is 0.929. The highest BCUT2D eigenvalue weighted by molar-refractivity contribution is 8.03. The molecule has 10 heteroatoms. The molecule has 0 saturated heterocycles. The third kappa shape index (κ3) is 9.91. The normalized spacial score (nSPS) is 12.8. The van der Waals surface area contributed by atoms with Crippen molar-refractivity contribution in [3.05, 3.63) is 11.0 Å². The van der Waals surface area contributed by atoms with Gasteiger partial charge in [0, 0.05) is 11.8 Å². The van der Waals surface area contributed by atoms with Gasteiger partial charge >= 0.3 is 12.1 Å². The van der Waals surface area contributed by atoms with Crippen molar-refractivity contribution in [3.8, 4) is 0 Å². The molecule has 130 valence electrons. The number of aldehydes is 1. The first-order valence-electron chi connectivity index (χ1n) is 6.50. The van der Waals surface area contributed by atoms with Crippen LogP contribution in [0.15, 0.2) is 11.0 Å². The molecule has 0 radical (unpaired) electrons. The first kappa shape index (κ1) is 21.4. The van der Waals surface area contributed by atoms with Crippen LogP contribution in [0.3, 0.4) is 0 Å². The maximum Gasteiger partial charge on any atom is 0.408 e. The number of nitrogens with one attached hydrogen (secondary N) is 2. The van der Waals surface area contributed by atoms with Crippen LogP contribution in [-0.2, 0) is 23.9 Å². The average molecular weight is 364 g/mol. The number of ether oxygens (including phenoxy) is 2. The van der Waals surface area contributed by atoms with Crippen molar-refractivity contribution >= 4 is 45.4 Å². The van der Waals surface area contributed by atoms with E-state index in [4.69, 9.17) is 4.74 Å². The zero-order valence-electron chi connectivity index (χ0n) is 13.4. The molecule has 0 aromatic carbocycles. The maximum atomic E-state index is 11.7. The van der Waals surface area contributed by atoms with Gasteiger partial charge < -0.3 is 19.9 Å². The second kappa shape index (κ2) is 10.2. The van der Waals surface area contributed by atoms with Crippen molar-refractivity contribution in [1.29, 1.82) is 0 Å². The van der Waals surface area contributed by atoms with E-state index in [0.29, 0.717) is 6.29 Å². The summed E-state index contributed by atoms with van der Waals surface area (Å²) in [4.78, 5) is 45.6. The van der Waals surface area contributed by atoms with Gasteiger partial charge in [-0.05, 0) is 30.2 Å². The molecule has 0 spiro atoms. The highest BCUT2D eigenvalue weighted by Gasteiger charge is 2.25. The second-order valence-corrected chi connectivity index (χ2v) is 6.59. The Balaban J connectivity index is 4.84. The van der Waals surface area contributed by atoms with Crippen LogP contribution in [0, 0.1) is 0 Å². The van der Waals surface area contributed by atoms with E-state index in [2.05, 4.69) is 15.1 Å². The predicted octanol–water partition coefficient (Wildman–Crippen LogP) is 0.775. The zero-order chi connectivity index (χ0) is 18.0. The molecule has 0 saturated carbocycles.